The summed E-state index contributed by atoms with van der Waals surface area (Å²) in [6, 6.07) is 29.0. The van der Waals surface area contributed by atoms with Gasteiger partial charge < -0.3 is 10.1 Å². The number of anilines is 1. The van der Waals surface area contributed by atoms with Crippen molar-refractivity contribution in [3.05, 3.63) is 107 Å². The normalized spacial score (nSPS) is 10.8. The van der Waals surface area contributed by atoms with Gasteiger partial charge in [-0.1, -0.05) is 73.1 Å². The molecular formula is C26H24ClNO. The summed E-state index contributed by atoms with van der Waals surface area (Å²) in [7, 11) is 0. The third kappa shape index (κ3) is 4.72. The van der Waals surface area contributed by atoms with Gasteiger partial charge in [-0.15, -0.1) is 0 Å². The first kappa shape index (κ1) is 19.4. The van der Waals surface area contributed by atoms with Crippen molar-refractivity contribution in [1.29, 1.82) is 0 Å². The standard InChI is InChI=1S/C26H24ClNO/c1-2-19-9-14-23(15-10-19)28-17-25-24-6-4-3-5-21(24)11-16-26(25)29-18-20-7-12-22(27)13-8-20/h3-16,28H,2,17-18H2,1H3. The van der Waals surface area contributed by atoms with Gasteiger partial charge in [-0.2, -0.15) is 0 Å². The molecule has 0 amide bonds. The molecule has 0 aliphatic rings. The predicted octanol–water partition coefficient (Wildman–Crippen LogP) is 7.25. The first-order valence-corrected chi connectivity index (χ1v) is 10.3. The van der Waals surface area contributed by atoms with Crippen LogP contribution in [-0.2, 0) is 19.6 Å². The van der Waals surface area contributed by atoms with E-state index in [1.807, 2.05) is 24.3 Å². The van der Waals surface area contributed by atoms with Crippen LogP contribution >= 0.6 is 11.6 Å². The Kier molecular flexibility index (Phi) is 6.02. The number of benzene rings is 4. The molecule has 0 bridgehead atoms. The molecule has 4 aromatic rings. The molecule has 29 heavy (non-hydrogen) atoms. The largest absolute Gasteiger partial charge is 0.489 e. The molecule has 0 spiro atoms. The lowest BCUT2D eigenvalue weighted by Gasteiger charge is -2.16. The molecule has 0 aliphatic heterocycles. The van der Waals surface area contributed by atoms with E-state index < -0.39 is 0 Å². The van der Waals surface area contributed by atoms with E-state index in [0.29, 0.717) is 13.2 Å². The number of hydrogen-bond acceptors (Lipinski definition) is 2. The van der Waals surface area contributed by atoms with Crippen LogP contribution in [0.2, 0.25) is 5.02 Å². The van der Waals surface area contributed by atoms with Crippen LogP contribution in [0.4, 0.5) is 5.69 Å². The second-order valence-electron chi connectivity index (χ2n) is 7.08. The Labute approximate surface area is 177 Å². The maximum Gasteiger partial charge on any atom is 0.125 e. The number of hydrogen-bond donors (Lipinski definition) is 1. The molecule has 0 aromatic heterocycles. The highest BCUT2D eigenvalue weighted by Crippen LogP contribution is 2.30. The molecule has 0 heterocycles. The molecule has 0 radical (unpaired) electrons. The third-order valence-electron chi connectivity index (χ3n) is 5.14. The van der Waals surface area contributed by atoms with E-state index in [1.54, 1.807) is 0 Å². The summed E-state index contributed by atoms with van der Waals surface area (Å²) < 4.78 is 6.21. The number of nitrogens with one attached hydrogen (secondary N) is 1. The summed E-state index contributed by atoms with van der Waals surface area (Å²) in [4.78, 5) is 0. The van der Waals surface area contributed by atoms with Crippen molar-refractivity contribution in [2.45, 2.75) is 26.5 Å². The minimum absolute atomic E-state index is 0.508. The van der Waals surface area contributed by atoms with Gasteiger partial charge in [0.2, 0.25) is 0 Å². The molecule has 1 N–H and O–H groups in total. The zero-order valence-corrected chi connectivity index (χ0v) is 17.2. The molecule has 2 nitrogen and oxygen atoms in total. The molecule has 3 heteroatoms. The van der Waals surface area contributed by atoms with Gasteiger partial charge in [-0.25, -0.2) is 0 Å². The number of halogens is 1. The first-order chi connectivity index (χ1) is 14.2. The van der Waals surface area contributed by atoms with Gasteiger partial charge in [0, 0.05) is 22.8 Å². The molecule has 0 fully saturated rings. The van der Waals surface area contributed by atoms with Crippen LogP contribution in [0.25, 0.3) is 10.8 Å². The molecule has 4 aromatic carbocycles. The minimum atomic E-state index is 0.508. The molecule has 0 unspecified atom stereocenters. The van der Waals surface area contributed by atoms with Crippen molar-refractivity contribution in [2.75, 3.05) is 5.32 Å². The highest BCUT2D eigenvalue weighted by molar-refractivity contribution is 6.30. The lowest BCUT2D eigenvalue weighted by Crippen LogP contribution is -2.05. The van der Waals surface area contributed by atoms with Crippen molar-refractivity contribution < 1.29 is 4.74 Å². The first-order valence-electron chi connectivity index (χ1n) is 9.93. The van der Waals surface area contributed by atoms with E-state index in [1.165, 1.54) is 16.3 Å². The van der Waals surface area contributed by atoms with Crippen LogP contribution in [0.1, 0.15) is 23.6 Å². The van der Waals surface area contributed by atoms with Crippen LogP contribution < -0.4 is 10.1 Å². The fourth-order valence-electron chi connectivity index (χ4n) is 3.42. The quantitative estimate of drug-likeness (QED) is 0.352. The summed E-state index contributed by atoms with van der Waals surface area (Å²) in [5.74, 6) is 0.899. The predicted molar refractivity (Wildman–Crippen MR) is 123 cm³/mol. The van der Waals surface area contributed by atoms with Gasteiger partial charge in [-0.05, 0) is 58.7 Å². The monoisotopic (exact) mass is 401 g/mol. The van der Waals surface area contributed by atoms with Gasteiger partial charge in [0.1, 0.15) is 12.4 Å². The highest BCUT2D eigenvalue weighted by atomic mass is 35.5. The molecular weight excluding hydrogens is 378 g/mol. The van der Waals surface area contributed by atoms with E-state index >= 15 is 0 Å². The van der Waals surface area contributed by atoms with Crippen LogP contribution in [-0.4, -0.2) is 0 Å². The fraction of sp³-hybridized carbons (Fsp3) is 0.154. The summed E-state index contributed by atoms with van der Waals surface area (Å²) in [5.41, 5.74) is 4.71. The lowest BCUT2D eigenvalue weighted by atomic mass is 10.0. The summed E-state index contributed by atoms with van der Waals surface area (Å²) in [6.07, 6.45) is 1.05. The fourth-order valence-corrected chi connectivity index (χ4v) is 3.55. The van der Waals surface area contributed by atoms with Crippen LogP contribution in [0, 0.1) is 0 Å². The zero-order chi connectivity index (χ0) is 20.1. The Balaban J connectivity index is 1.58. The Morgan fingerprint density at radius 2 is 1.52 bits per heavy atom. The third-order valence-corrected chi connectivity index (χ3v) is 5.39. The number of fused-ring (bicyclic) bond motifs is 1. The minimum Gasteiger partial charge on any atom is -0.489 e. The van der Waals surface area contributed by atoms with Crippen molar-refractivity contribution in [2.24, 2.45) is 0 Å². The molecule has 0 atom stereocenters. The maximum absolute atomic E-state index is 6.21. The highest BCUT2D eigenvalue weighted by Gasteiger charge is 2.10. The lowest BCUT2D eigenvalue weighted by molar-refractivity contribution is 0.304. The number of aryl methyl sites for hydroxylation is 1. The smallest absolute Gasteiger partial charge is 0.125 e. The van der Waals surface area contributed by atoms with Crippen LogP contribution in [0.5, 0.6) is 5.75 Å². The zero-order valence-electron chi connectivity index (χ0n) is 16.5. The Morgan fingerprint density at radius 1 is 0.793 bits per heavy atom. The van der Waals surface area contributed by atoms with Gasteiger partial charge in [0.05, 0.1) is 0 Å². The molecule has 0 saturated carbocycles. The average molecular weight is 402 g/mol. The molecule has 0 saturated heterocycles. The van der Waals surface area contributed by atoms with E-state index in [9.17, 15) is 0 Å². The Morgan fingerprint density at radius 3 is 2.28 bits per heavy atom. The second-order valence-corrected chi connectivity index (χ2v) is 7.52. The van der Waals surface area contributed by atoms with Crippen molar-refractivity contribution in [3.8, 4) is 5.75 Å². The van der Waals surface area contributed by atoms with Crippen molar-refractivity contribution in [1.82, 2.24) is 0 Å². The Bertz CT molecular complexity index is 1090. The van der Waals surface area contributed by atoms with Gasteiger partial charge >= 0.3 is 0 Å². The number of ether oxygens (including phenoxy) is 1. The molecule has 0 aliphatic carbocycles. The van der Waals surface area contributed by atoms with Crippen LogP contribution in [0.15, 0.2) is 84.9 Å². The average Bonchev–Trinajstić information content (AvgIpc) is 2.78. The van der Waals surface area contributed by atoms with E-state index in [-0.39, 0.29) is 0 Å². The summed E-state index contributed by atoms with van der Waals surface area (Å²) in [5, 5.41) is 6.71. The van der Waals surface area contributed by atoms with Crippen LogP contribution in [0.3, 0.4) is 0 Å². The Hall–Kier alpha value is -2.97. The van der Waals surface area contributed by atoms with Crippen molar-refractivity contribution in [3.63, 3.8) is 0 Å². The van der Waals surface area contributed by atoms with Gasteiger partial charge in [-0.3, -0.25) is 0 Å². The molecule has 4 rings (SSSR count). The number of rotatable bonds is 7. The van der Waals surface area contributed by atoms with E-state index in [2.05, 4.69) is 72.9 Å². The van der Waals surface area contributed by atoms with E-state index in [4.69, 9.17) is 16.3 Å². The van der Waals surface area contributed by atoms with E-state index in [0.717, 1.165) is 34.0 Å². The SMILES string of the molecule is CCc1ccc(NCc2c(OCc3ccc(Cl)cc3)ccc3ccccc23)cc1. The molecule has 146 valence electrons. The summed E-state index contributed by atoms with van der Waals surface area (Å²) >= 11 is 5.99. The van der Waals surface area contributed by atoms with Gasteiger partial charge in [0.15, 0.2) is 0 Å². The van der Waals surface area contributed by atoms with Gasteiger partial charge in [0.25, 0.3) is 0 Å². The summed E-state index contributed by atoms with van der Waals surface area (Å²) in [6.45, 7) is 3.37. The maximum atomic E-state index is 6.21. The second kappa shape index (κ2) is 9.02. The van der Waals surface area contributed by atoms with Crippen molar-refractivity contribution >= 4 is 28.1 Å². The topological polar surface area (TPSA) is 21.3 Å².